The number of rotatable bonds is 5. The van der Waals surface area contributed by atoms with Crippen molar-refractivity contribution >= 4 is 17.2 Å². The SMILES string of the molecule is CCCc1sc(C(=O)NOC(C)(C)C)cc1CC. The predicted molar refractivity (Wildman–Crippen MR) is 76.0 cm³/mol. The molecule has 0 radical (unpaired) electrons. The highest BCUT2D eigenvalue weighted by atomic mass is 32.1. The van der Waals surface area contributed by atoms with Crippen molar-refractivity contribution in [3.63, 3.8) is 0 Å². The lowest BCUT2D eigenvalue weighted by Crippen LogP contribution is -2.33. The minimum atomic E-state index is -0.368. The molecular formula is C14H23NO2S. The third-order valence-corrected chi connectivity index (χ3v) is 3.66. The van der Waals surface area contributed by atoms with E-state index in [0.29, 0.717) is 0 Å². The third kappa shape index (κ3) is 4.42. The Balaban J connectivity index is 2.74. The number of hydrogen-bond acceptors (Lipinski definition) is 3. The first-order chi connectivity index (χ1) is 8.37. The van der Waals surface area contributed by atoms with E-state index < -0.39 is 0 Å². The van der Waals surface area contributed by atoms with Crippen molar-refractivity contribution in [3.8, 4) is 0 Å². The van der Waals surface area contributed by atoms with Crippen LogP contribution in [0.25, 0.3) is 0 Å². The summed E-state index contributed by atoms with van der Waals surface area (Å²) in [6, 6.07) is 1.98. The van der Waals surface area contributed by atoms with Gasteiger partial charge in [-0.05, 0) is 45.2 Å². The molecule has 0 aliphatic rings. The number of thiophene rings is 1. The number of aryl methyl sites for hydroxylation is 2. The van der Waals surface area contributed by atoms with Crippen molar-refractivity contribution < 1.29 is 9.63 Å². The maximum atomic E-state index is 12.0. The molecule has 0 bridgehead atoms. The van der Waals surface area contributed by atoms with Gasteiger partial charge < -0.3 is 0 Å². The largest absolute Gasteiger partial charge is 0.284 e. The molecule has 0 saturated carbocycles. The molecule has 0 aromatic carbocycles. The van der Waals surface area contributed by atoms with Crippen LogP contribution in [0.5, 0.6) is 0 Å². The summed E-state index contributed by atoms with van der Waals surface area (Å²) in [4.78, 5) is 19.3. The van der Waals surface area contributed by atoms with Crippen molar-refractivity contribution in [2.75, 3.05) is 0 Å². The van der Waals surface area contributed by atoms with Crippen LogP contribution in [0.2, 0.25) is 0 Å². The lowest BCUT2D eigenvalue weighted by molar-refractivity contribution is -0.0588. The van der Waals surface area contributed by atoms with Crippen molar-refractivity contribution in [3.05, 3.63) is 21.4 Å². The van der Waals surface area contributed by atoms with Gasteiger partial charge in [-0.2, -0.15) is 0 Å². The highest BCUT2D eigenvalue weighted by molar-refractivity contribution is 7.14. The van der Waals surface area contributed by atoms with E-state index in [1.165, 1.54) is 10.4 Å². The Morgan fingerprint density at radius 1 is 1.39 bits per heavy atom. The van der Waals surface area contributed by atoms with Gasteiger partial charge in [0, 0.05) is 4.88 Å². The van der Waals surface area contributed by atoms with Gasteiger partial charge in [0.2, 0.25) is 0 Å². The summed E-state index contributed by atoms with van der Waals surface area (Å²) in [5, 5.41) is 0. The Morgan fingerprint density at radius 2 is 2.06 bits per heavy atom. The van der Waals surface area contributed by atoms with E-state index in [1.807, 2.05) is 26.8 Å². The average Bonchev–Trinajstić information content (AvgIpc) is 2.69. The second-order valence-corrected chi connectivity index (χ2v) is 6.44. The molecule has 0 aliphatic carbocycles. The Kier molecular flexibility index (Phi) is 5.35. The molecule has 102 valence electrons. The zero-order valence-electron chi connectivity index (χ0n) is 11.9. The van der Waals surface area contributed by atoms with Gasteiger partial charge in [0.25, 0.3) is 5.91 Å². The first-order valence-electron chi connectivity index (χ1n) is 6.47. The molecule has 1 rings (SSSR count). The molecule has 0 aliphatic heterocycles. The fraction of sp³-hybridized carbons (Fsp3) is 0.643. The summed E-state index contributed by atoms with van der Waals surface area (Å²) < 4.78 is 0. The van der Waals surface area contributed by atoms with E-state index in [9.17, 15) is 4.79 Å². The molecule has 0 saturated heterocycles. The van der Waals surface area contributed by atoms with Gasteiger partial charge in [-0.25, -0.2) is 5.48 Å². The van der Waals surface area contributed by atoms with E-state index in [2.05, 4.69) is 19.3 Å². The zero-order chi connectivity index (χ0) is 13.8. The fourth-order valence-electron chi connectivity index (χ4n) is 1.57. The first kappa shape index (κ1) is 15.2. The summed E-state index contributed by atoms with van der Waals surface area (Å²) >= 11 is 1.58. The molecule has 1 amide bonds. The van der Waals surface area contributed by atoms with Gasteiger partial charge in [-0.3, -0.25) is 9.63 Å². The second kappa shape index (κ2) is 6.34. The first-order valence-corrected chi connectivity index (χ1v) is 7.29. The number of nitrogens with one attached hydrogen (secondary N) is 1. The Hall–Kier alpha value is -0.870. The van der Waals surface area contributed by atoms with Gasteiger partial charge in [0.05, 0.1) is 10.5 Å². The lowest BCUT2D eigenvalue weighted by atomic mass is 10.1. The quantitative estimate of drug-likeness (QED) is 0.827. The molecule has 0 unspecified atom stereocenters. The van der Waals surface area contributed by atoms with E-state index >= 15 is 0 Å². The highest BCUT2D eigenvalue weighted by Gasteiger charge is 2.17. The van der Waals surface area contributed by atoms with E-state index in [4.69, 9.17) is 4.84 Å². The fourth-order valence-corrected chi connectivity index (χ4v) is 2.81. The van der Waals surface area contributed by atoms with Crippen LogP contribution < -0.4 is 5.48 Å². The molecule has 1 aromatic rings. The van der Waals surface area contributed by atoms with Gasteiger partial charge >= 0.3 is 0 Å². The molecule has 0 spiro atoms. The van der Waals surface area contributed by atoms with Crippen LogP contribution in [0, 0.1) is 0 Å². The molecule has 1 N–H and O–H groups in total. The van der Waals surface area contributed by atoms with Crippen molar-refractivity contribution in [1.82, 2.24) is 5.48 Å². The maximum Gasteiger partial charge on any atom is 0.284 e. The predicted octanol–water partition coefficient (Wildman–Crippen LogP) is 3.72. The summed E-state index contributed by atoms with van der Waals surface area (Å²) in [6.45, 7) is 9.99. The van der Waals surface area contributed by atoms with Crippen LogP contribution >= 0.6 is 11.3 Å². The Labute approximate surface area is 114 Å². The number of amides is 1. The monoisotopic (exact) mass is 269 g/mol. The van der Waals surface area contributed by atoms with Gasteiger partial charge in [-0.1, -0.05) is 20.3 Å². The van der Waals surface area contributed by atoms with Crippen molar-refractivity contribution in [2.45, 2.75) is 59.5 Å². The summed E-state index contributed by atoms with van der Waals surface area (Å²) in [5.41, 5.74) is 3.43. The summed E-state index contributed by atoms with van der Waals surface area (Å²) in [5.74, 6) is -0.146. The smallest absolute Gasteiger partial charge is 0.268 e. The highest BCUT2D eigenvalue weighted by Crippen LogP contribution is 2.24. The molecule has 18 heavy (non-hydrogen) atoms. The lowest BCUT2D eigenvalue weighted by Gasteiger charge is -2.18. The minimum absolute atomic E-state index is 0.146. The molecule has 3 nitrogen and oxygen atoms in total. The number of hydrogen-bond donors (Lipinski definition) is 1. The number of hydroxylamine groups is 1. The van der Waals surface area contributed by atoms with Gasteiger partial charge in [-0.15, -0.1) is 11.3 Å². The Morgan fingerprint density at radius 3 is 2.56 bits per heavy atom. The van der Waals surface area contributed by atoms with E-state index in [0.717, 1.165) is 24.1 Å². The van der Waals surface area contributed by atoms with E-state index in [-0.39, 0.29) is 11.5 Å². The van der Waals surface area contributed by atoms with Crippen LogP contribution in [0.1, 0.15) is 61.2 Å². The van der Waals surface area contributed by atoms with Crippen molar-refractivity contribution in [1.29, 1.82) is 0 Å². The van der Waals surface area contributed by atoms with Crippen LogP contribution in [0.4, 0.5) is 0 Å². The average molecular weight is 269 g/mol. The van der Waals surface area contributed by atoms with Crippen molar-refractivity contribution in [2.24, 2.45) is 0 Å². The normalized spacial score (nSPS) is 11.6. The zero-order valence-corrected chi connectivity index (χ0v) is 12.7. The van der Waals surface area contributed by atoms with Crippen LogP contribution in [-0.2, 0) is 17.7 Å². The summed E-state index contributed by atoms with van der Waals surface area (Å²) in [7, 11) is 0. The third-order valence-electron chi connectivity index (χ3n) is 2.43. The van der Waals surface area contributed by atoms with Gasteiger partial charge in [0.15, 0.2) is 0 Å². The molecule has 1 heterocycles. The molecular weight excluding hydrogens is 246 g/mol. The summed E-state index contributed by atoms with van der Waals surface area (Å²) in [6.07, 6.45) is 3.12. The number of carbonyl (C=O) groups excluding carboxylic acids is 1. The standard InChI is InChI=1S/C14H23NO2S/c1-6-8-11-10(7-2)9-12(18-11)13(16)15-17-14(3,4)5/h9H,6-8H2,1-5H3,(H,15,16). The van der Waals surface area contributed by atoms with Crippen LogP contribution in [-0.4, -0.2) is 11.5 Å². The molecule has 4 heteroatoms. The maximum absolute atomic E-state index is 12.0. The topological polar surface area (TPSA) is 38.3 Å². The van der Waals surface area contributed by atoms with E-state index in [1.54, 1.807) is 11.3 Å². The minimum Gasteiger partial charge on any atom is -0.268 e. The number of carbonyl (C=O) groups is 1. The molecule has 0 fully saturated rings. The van der Waals surface area contributed by atoms with Crippen LogP contribution in [0.15, 0.2) is 6.07 Å². The van der Waals surface area contributed by atoms with Crippen LogP contribution in [0.3, 0.4) is 0 Å². The molecule has 0 atom stereocenters. The van der Waals surface area contributed by atoms with Gasteiger partial charge in [0.1, 0.15) is 0 Å². The molecule has 1 aromatic heterocycles. The Bertz CT molecular complexity index is 404. The second-order valence-electron chi connectivity index (χ2n) is 5.31.